The average molecular weight is 560 g/mol. The monoisotopic (exact) mass is 559 g/mol. The van der Waals surface area contributed by atoms with Crippen molar-refractivity contribution >= 4 is 35.1 Å². The van der Waals surface area contributed by atoms with Gasteiger partial charge in [0.1, 0.15) is 16.5 Å². The largest absolute Gasteiger partial charge is 0.469 e. The van der Waals surface area contributed by atoms with E-state index in [2.05, 4.69) is 25.6 Å². The predicted molar refractivity (Wildman–Crippen MR) is 144 cm³/mol. The molecular formula is C27H37N5O6S. The van der Waals surface area contributed by atoms with E-state index >= 15 is 0 Å². The molecule has 3 rings (SSSR count). The molecule has 39 heavy (non-hydrogen) atoms. The summed E-state index contributed by atoms with van der Waals surface area (Å²) >= 11 is 1.21. The van der Waals surface area contributed by atoms with Gasteiger partial charge in [-0.1, -0.05) is 20.8 Å². The van der Waals surface area contributed by atoms with Crippen molar-refractivity contribution in [3.05, 3.63) is 40.4 Å². The lowest BCUT2D eigenvalue weighted by atomic mass is 9.97. The minimum atomic E-state index is -0.714. The summed E-state index contributed by atoms with van der Waals surface area (Å²) < 4.78 is 10.4. The number of nitrogens with zero attached hydrogens (tertiary/aromatic N) is 3. The fraction of sp³-hybridized carbons (Fsp3) is 0.593. The first-order valence-electron chi connectivity index (χ1n) is 13.1. The summed E-state index contributed by atoms with van der Waals surface area (Å²) in [5.74, 6) is -1.03. The van der Waals surface area contributed by atoms with E-state index < -0.39 is 29.9 Å². The van der Waals surface area contributed by atoms with Gasteiger partial charge >= 0.3 is 11.9 Å². The molecule has 2 aromatic rings. The highest BCUT2D eigenvalue weighted by Crippen LogP contribution is 2.31. The highest BCUT2D eigenvalue weighted by atomic mass is 32.1. The molecule has 1 aliphatic rings. The first-order valence-corrected chi connectivity index (χ1v) is 14.0. The van der Waals surface area contributed by atoms with E-state index in [0.717, 1.165) is 12.8 Å². The molecule has 212 valence electrons. The van der Waals surface area contributed by atoms with Crippen LogP contribution in [-0.2, 0) is 30.3 Å². The zero-order chi connectivity index (χ0) is 28.5. The smallest absolute Gasteiger partial charge is 0.308 e. The summed E-state index contributed by atoms with van der Waals surface area (Å²) in [6, 6.07) is 1.02. The van der Waals surface area contributed by atoms with E-state index in [1.807, 2.05) is 13.8 Å². The van der Waals surface area contributed by atoms with Crippen LogP contribution in [0.5, 0.6) is 0 Å². The second-order valence-electron chi connectivity index (χ2n) is 10.2. The number of carbonyl (C=O) groups is 4. The summed E-state index contributed by atoms with van der Waals surface area (Å²) in [6.07, 6.45) is 5.28. The molecule has 2 aromatic heterocycles. The highest BCUT2D eigenvalue weighted by Gasteiger charge is 2.33. The van der Waals surface area contributed by atoms with Gasteiger partial charge in [0.2, 0.25) is 5.91 Å². The van der Waals surface area contributed by atoms with Gasteiger partial charge in [0.25, 0.3) is 5.91 Å². The molecule has 0 radical (unpaired) electrons. The fourth-order valence-electron chi connectivity index (χ4n) is 4.15. The van der Waals surface area contributed by atoms with Gasteiger partial charge in [0, 0.05) is 55.5 Å². The standard InChI is InChI=1S/C27H37N5O6S/c1-15(2)20(31-24(34)18-7-8-18)13-22(38-17(4)33)26-32-21(14-39-26)25(35)30-19(11-16(3)27(36)37-5)12-23-28-9-6-10-29-23/h6,9-10,14-16,18-20,22H,7-8,11-13H2,1-5H3,(H,30,35)(H,31,34)/t16-,19+,20?,22+/m0/s1. The van der Waals surface area contributed by atoms with Crippen molar-refractivity contribution in [2.24, 2.45) is 17.8 Å². The van der Waals surface area contributed by atoms with E-state index in [1.54, 1.807) is 30.8 Å². The quantitative estimate of drug-likeness (QED) is 0.333. The number of carbonyl (C=O) groups excluding carboxylic acids is 4. The van der Waals surface area contributed by atoms with Crippen molar-refractivity contribution in [2.45, 2.75) is 78.0 Å². The molecule has 2 amide bonds. The normalized spacial score (nSPS) is 16.1. The second kappa shape index (κ2) is 14.1. The van der Waals surface area contributed by atoms with Gasteiger partial charge in [0.05, 0.1) is 13.0 Å². The maximum atomic E-state index is 13.2. The molecule has 1 fully saturated rings. The number of amides is 2. The highest BCUT2D eigenvalue weighted by molar-refractivity contribution is 7.09. The number of esters is 2. The van der Waals surface area contributed by atoms with Gasteiger partial charge in [-0.3, -0.25) is 19.2 Å². The minimum absolute atomic E-state index is 0.0177. The van der Waals surface area contributed by atoms with Crippen LogP contribution in [0.15, 0.2) is 23.8 Å². The molecule has 1 unspecified atom stereocenters. The van der Waals surface area contributed by atoms with Gasteiger partial charge in [-0.25, -0.2) is 15.0 Å². The Bertz CT molecular complexity index is 1140. The predicted octanol–water partition coefficient (Wildman–Crippen LogP) is 3.02. The maximum absolute atomic E-state index is 13.2. The van der Waals surface area contributed by atoms with Crippen LogP contribution in [0.3, 0.4) is 0 Å². The van der Waals surface area contributed by atoms with Crippen LogP contribution in [0.1, 0.15) is 80.8 Å². The molecule has 12 heteroatoms. The number of methoxy groups -OCH3 is 1. The lowest BCUT2D eigenvalue weighted by Gasteiger charge is -2.26. The third kappa shape index (κ3) is 9.38. The number of hydrogen-bond donors (Lipinski definition) is 2. The van der Waals surface area contributed by atoms with Crippen LogP contribution in [0.4, 0.5) is 0 Å². The zero-order valence-electron chi connectivity index (χ0n) is 23.0. The lowest BCUT2D eigenvalue weighted by molar-refractivity contribution is -0.147. The first kappa shape index (κ1) is 30.1. The van der Waals surface area contributed by atoms with Crippen LogP contribution in [-0.4, -0.2) is 57.9 Å². The molecule has 2 N–H and O–H groups in total. The fourth-order valence-corrected chi connectivity index (χ4v) is 4.99. The number of nitrogens with one attached hydrogen (secondary N) is 2. The Labute approximate surface area is 232 Å². The summed E-state index contributed by atoms with van der Waals surface area (Å²) in [4.78, 5) is 62.5. The lowest BCUT2D eigenvalue weighted by Crippen LogP contribution is -2.41. The first-order chi connectivity index (χ1) is 18.6. The molecule has 0 saturated heterocycles. The van der Waals surface area contributed by atoms with E-state index in [0.29, 0.717) is 30.1 Å². The molecule has 0 aliphatic heterocycles. The topological polar surface area (TPSA) is 149 Å². The zero-order valence-corrected chi connectivity index (χ0v) is 23.8. The Morgan fingerprint density at radius 2 is 1.77 bits per heavy atom. The number of rotatable bonds is 14. The molecule has 1 saturated carbocycles. The number of ether oxygens (including phenoxy) is 2. The molecule has 0 aromatic carbocycles. The maximum Gasteiger partial charge on any atom is 0.308 e. The number of thiazole rings is 1. The van der Waals surface area contributed by atoms with Gasteiger partial charge in [-0.05, 0) is 31.2 Å². The Kier molecular flexibility index (Phi) is 10.9. The Morgan fingerprint density at radius 1 is 1.08 bits per heavy atom. The summed E-state index contributed by atoms with van der Waals surface area (Å²) in [5, 5.41) is 8.09. The van der Waals surface area contributed by atoms with E-state index in [4.69, 9.17) is 9.47 Å². The van der Waals surface area contributed by atoms with Gasteiger partial charge in [-0.15, -0.1) is 11.3 Å². The number of aromatic nitrogens is 3. The summed E-state index contributed by atoms with van der Waals surface area (Å²) in [5.41, 5.74) is 0.167. The number of hydrogen-bond acceptors (Lipinski definition) is 10. The SMILES string of the molecule is COC(=O)[C@@H](C)C[C@H](Cc1ncccn1)NC(=O)c1csc([C@@H](CC(NC(=O)C2CC2)C(C)C)OC(C)=O)n1. The van der Waals surface area contributed by atoms with Crippen molar-refractivity contribution in [3.8, 4) is 0 Å². The van der Waals surface area contributed by atoms with Crippen molar-refractivity contribution in [1.82, 2.24) is 25.6 Å². The van der Waals surface area contributed by atoms with Crippen molar-refractivity contribution < 1.29 is 28.7 Å². The van der Waals surface area contributed by atoms with Crippen molar-refractivity contribution in [3.63, 3.8) is 0 Å². The van der Waals surface area contributed by atoms with E-state index in [9.17, 15) is 19.2 Å². The van der Waals surface area contributed by atoms with E-state index in [-0.39, 0.29) is 35.4 Å². The third-order valence-electron chi connectivity index (χ3n) is 6.51. The van der Waals surface area contributed by atoms with Gasteiger partial charge in [0.15, 0.2) is 6.10 Å². The molecular weight excluding hydrogens is 522 g/mol. The Morgan fingerprint density at radius 3 is 2.36 bits per heavy atom. The molecule has 11 nitrogen and oxygen atoms in total. The Hall–Kier alpha value is -3.41. The summed E-state index contributed by atoms with van der Waals surface area (Å²) in [7, 11) is 1.32. The minimum Gasteiger partial charge on any atom is -0.469 e. The molecule has 0 spiro atoms. The van der Waals surface area contributed by atoms with Gasteiger partial charge in [-0.2, -0.15) is 0 Å². The van der Waals surface area contributed by atoms with Crippen LogP contribution >= 0.6 is 11.3 Å². The van der Waals surface area contributed by atoms with Gasteiger partial charge < -0.3 is 20.1 Å². The molecule has 4 atom stereocenters. The van der Waals surface area contributed by atoms with Crippen LogP contribution in [0, 0.1) is 17.8 Å². The molecule has 2 heterocycles. The van der Waals surface area contributed by atoms with Crippen LogP contribution < -0.4 is 10.6 Å². The Balaban J connectivity index is 1.74. The van der Waals surface area contributed by atoms with Crippen LogP contribution in [0.2, 0.25) is 0 Å². The third-order valence-corrected chi connectivity index (χ3v) is 7.45. The van der Waals surface area contributed by atoms with Crippen molar-refractivity contribution in [2.75, 3.05) is 7.11 Å². The van der Waals surface area contributed by atoms with E-state index in [1.165, 1.54) is 25.4 Å². The molecule has 0 bridgehead atoms. The molecule has 1 aliphatic carbocycles. The average Bonchev–Trinajstić information content (AvgIpc) is 3.63. The second-order valence-corrected chi connectivity index (χ2v) is 11.1. The van der Waals surface area contributed by atoms with Crippen LogP contribution in [0.25, 0.3) is 0 Å². The van der Waals surface area contributed by atoms with Crippen molar-refractivity contribution in [1.29, 1.82) is 0 Å². The summed E-state index contributed by atoms with van der Waals surface area (Å²) in [6.45, 7) is 7.04.